The van der Waals surface area contributed by atoms with Crippen LogP contribution in [0, 0.1) is 0 Å². The van der Waals surface area contributed by atoms with Gasteiger partial charge in [-0.2, -0.15) is 26.3 Å². The standard InChI is InChI=1S/C17H14F6O/c1-2-12-5-3-4-6-15(12)24-10-11-7-13(16(18,19)20)9-14(8-11)17(21,22)23/h3-9H,2,10H2,1H3. The van der Waals surface area contributed by atoms with Gasteiger partial charge in [0.15, 0.2) is 0 Å². The molecule has 0 fully saturated rings. The van der Waals surface area contributed by atoms with Crippen LogP contribution in [0.25, 0.3) is 0 Å². The molecule has 0 aromatic heterocycles. The van der Waals surface area contributed by atoms with Crippen LogP contribution in [-0.2, 0) is 25.4 Å². The molecule has 0 amide bonds. The number of ether oxygens (including phenoxy) is 1. The van der Waals surface area contributed by atoms with Crippen molar-refractivity contribution in [1.29, 1.82) is 0 Å². The molecule has 0 aliphatic carbocycles. The molecular formula is C17H14F6O. The summed E-state index contributed by atoms with van der Waals surface area (Å²) in [6, 6.07) is 8.30. The third-order valence-corrected chi connectivity index (χ3v) is 3.40. The second-order valence-electron chi connectivity index (χ2n) is 5.16. The van der Waals surface area contributed by atoms with Crippen LogP contribution in [0.1, 0.15) is 29.2 Å². The van der Waals surface area contributed by atoms with Crippen LogP contribution in [0.4, 0.5) is 26.3 Å². The van der Waals surface area contributed by atoms with Crippen molar-refractivity contribution in [3.8, 4) is 5.75 Å². The van der Waals surface area contributed by atoms with Crippen molar-refractivity contribution in [2.24, 2.45) is 0 Å². The zero-order chi connectivity index (χ0) is 18.0. The van der Waals surface area contributed by atoms with E-state index in [1.807, 2.05) is 6.92 Å². The van der Waals surface area contributed by atoms with E-state index < -0.39 is 23.5 Å². The summed E-state index contributed by atoms with van der Waals surface area (Å²) in [5.74, 6) is 0.436. The minimum absolute atomic E-state index is 0.101. The van der Waals surface area contributed by atoms with Crippen molar-refractivity contribution >= 4 is 0 Å². The predicted octanol–water partition coefficient (Wildman–Crippen LogP) is 5.87. The Balaban J connectivity index is 2.32. The highest BCUT2D eigenvalue weighted by atomic mass is 19.4. The smallest absolute Gasteiger partial charge is 0.416 e. The van der Waals surface area contributed by atoms with Gasteiger partial charge in [-0.1, -0.05) is 25.1 Å². The van der Waals surface area contributed by atoms with Gasteiger partial charge in [0.2, 0.25) is 0 Å². The van der Waals surface area contributed by atoms with Crippen molar-refractivity contribution in [1.82, 2.24) is 0 Å². The SMILES string of the molecule is CCc1ccccc1OCc1cc(C(F)(F)F)cc(C(F)(F)F)c1. The molecular weight excluding hydrogens is 334 g/mol. The van der Waals surface area contributed by atoms with Gasteiger partial charge in [0.25, 0.3) is 0 Å². The van der Waals surface area contributed by atoms with E-state index in [9.17, 15) is 26.3 Å². The summed E-state index contributed by atoms with van der Waals surface area (Å²) in [5, 5.41) is 0. The molecule has 0 N–H and O–H groups in total. The van der Waals surface area contributed by atoms with Crippen LogP contribution in [0.5, 0.6) is 5.75 Å². The highest BCUT2D eigenvalue weighted by Gasteiger charge is 2.36. The van der Waals surface area contributed by atoms with Crippen molar-refractivity contribution in [3.63, 3.8) is 0 Å². The van der Waals surface area contributed by atoms with E-state index >= 15 is 0 Å². The summed E-state index contributed by atoms with van der Waals surface area (Å²) in [7, 11) is 0. The maximum absolute atomic E-state index is 12.8. The van der Waals surface area contributed by atoms with Crippen molar-refractivity contribution in [2.75, 3.05) is 0 Å². The summed E-state index contributed by atoms with van der Waals surface area (Å²) < 4.78 is 82.3. The molecule has 0 aliphatic heterocycles. The quantitative estimate of drug-likeness (QED) is 0.628. The molecule has 0 unspecified atom stereocenters. The molecule has 0 radical (unpaired) electrons. The number of halogens is 6. The lowest BCUT2D eigenvalue weighted by Crippen LogP contribution is -2.12. The molecule has 0 atom stereocenters. The van der Waals surface area contributed by atoms with Gasteiger partial charge in [0.1, 0.15) is 12.4 Å². The fourth-order valence-corrected chi connectivity index (χ4v) is 2.20. The molecule has 130 valence electrons. The zero-order valence-electron chi connectivity index (χ0n) is 12.6. The van der Waals surface area contributed by atoms with E-state index in [0.717, 1.165) is 5.56 Å². The van der Waals surface area contributed by atoms with Crippen molar-refractivity contribution in [3.05, 3.63) is 64.7 Å². The third-order valence-electron chi connectivity index (χ3n) is 3.40. The summed E-state index contributed by atoms with van der Waals surface area (Å²) in [5.41, 5.74) is -2.07. The maximum atomic E-state index is 12.8. The van der Waals surface area contributed by atoms with Crippen LogP contribution in [0.15, 0.2) is 42.5 Å². The van der Waals surface area contributed by atoms with Crippen molar-refractivity contribution in [2.45, 2.75) is 32.3 Å². The predicted molar refractivity (Wildman–Crippen MR) is 76.6 cm³/mol. The molecule has 1 nitrogen and oxygen atoms in total. The molecule has 0 heterocycles. The molecule has 0 spiro atoms. The Hall–Kier alpha value is -2.18. The number of para-hydroxylation sites is 1. The van der Waals surface area contributed by atoms with E-state index in [2.05, 4.69) is 0 Å². The Morgan fingerprint density at radius 1 is 0.833 bits per heavy atom. The Morgan fingerprint density at radius 2 is 1.38 bits per heavy atom. The first-order valence-electron chi connectivity index (χ1n) is 7.10. The first-order chi connectivity index (χ1) is 11.1. The summed E-state index contributed by atoms with van der Waals surface area (Å²) in [4.78, 5) is 0. The molecule has 0 saturated carbocycles. The summed E-state index contributed by atoms with van der Waals surface area (Å²) >= 11 is 0. The highest BCUT2D eigenvalue weighted by molar-refractivity contribution is 5.36. The Labute approximate surface area is 134 Å². The topological polar surface area (TPSA) is 9.23 Å². The number of rotatable bonds is 4. The number of aryl methyl sites for hydroxylation is 1. The lowest BCUT2D eigenvalue weighted by atomic mass is 10.1. The van der Waals surface area contributed by atoms with E-state index in [1.54, 1.807) is 24.3 Å². The molecule has 2 aromatic rings. The molecule has 2 aromatic carbocycles. The van der Waals surface area contributed by atoms with Crippen molar-refractivity contribution < 1.29 is 31.1 Å². The first-order valence-corrected chi connectivity index (χ1v) is 7.10. The van der Waals surface area contributed by atoms with Gasteiger partial charge in [-0.3, -0.25) is 0 Å². The maximum Gasteiger partial charge on any atom is 0.416 e. The van der Waals surface area contributed by atoms with Gasteiger partial charge < -0.3 is 4.74 Å². The lowest BCUT2D eigenvalue weighted by molar-refractivity contribution is -0.143. The van der Waals surface area contributed by atoms with E-state index in [1.165, 1.54) is 0 Å². The van der Waals surface area contributed by atoms with E-state index in [4.69, 9.17) is 4.74 Å². The summed E-state index contributed by atoms with van der Waals surface area (Å²) in [6.45, 7) is 1.48. The molecule has 0 aliphatic rings. The van der Waals surface area contributed by atoms with Crippen LogP contribution in [-0.4, -0.2) is 0 Å². The molecule has 7 heteroatoms. The highest BCUT2D eigenvalue weighted by Crippen LogP contribution is 2.36. The second kappa shape index (κ2) is 6.75. The molecule has 0 bridgehead atoms. The fraction of sp³-hybridized carbons (Fsp3) is 0.294. The molecule has 0 saturated heterocycles. The minimum atomic E-state index is -4.86. The number of benzene rings is 2. The first kappa shape index (κ1) is 18.2. The monoisotopic (exact) mass is 348 g/mol. The fourth-order valence-electron chi connectivity index (χ4n) is 2.20. The number of hydrogen-bond donors (Lipinski definition) is 0. The molecule has 2 rings (SSSR count). The number of hydrogen-bond acceptors (Lipinski definition) is 1. The Bertz CT molecular complexity index is 671. The average molecular weight is 348 g/mol. The van der Waals surface area contributed by atoms with Crippen LogP contribution < -0.4 is 4.74 Å². The van der Waals surface area contributed by atoms with Crippen LogP contribution in [0.2, 0.25) is 0 Å². The normalized spacial score (nSPS) is 12.3. The largest absolute Gasteiger partial charge is 0.489 e. The van der Waals surface area contributed by atoms with Gasteiger partial charge in [-0.15, -0.1) is 0 Å². The lowest BCUT2D eigenvalue weighted by Gasteiger charge is -2.15. The zero-order valence-corrected chi connectivity index (χ0v) is 12.6. The minimum Gasteiger partial charge on any atom is -0.489 e. The second-order valence-corrected chi connectivity index (χ2v) is 5.16. The Morgan fingerprint density at radius 3 is 1.88 bits per heavy atom. The average Bonchev–Trinajstić information content (AvgIpc) is 2.51. The van der Waals surface area contributed by atoms with E-state index in [-0.39, 0.29) is 18.2 Å². The van der Waals surface area contributed by atoms with Gasteiger partial charge in [-0.05, 0) is 41.8 Å². The van der Waals surface area contributed by atoms with Crippen LogP contribution >= 0.6 is 0 Å². The van der Waals surface area contributed by atoms with Gasteiger partial charge in [0.05, 0.1) is 11.1 Å². The van der Waals surface area contributed by atoms with Gasteiger partial charge >= 0.3 is 12.4 Å². The Kier molecular flexibility index (Phi) is 5.11. The summed E-state index contributed by atoms with van der Waals surface area (Å²) in [6.07, 6.45) is -9.10. The van der Waals surface area contributed by atoms with Gasteiger partial charge in [0, 0.05) is 0 Å². The molecule has 24 heavy (non-hydrogen) atoms. The van der Waals surface area contributed by atoms with Crippen LogP contribution in [0.3, 0.4) is 0 Å². The third kappa shape index (κ3) is 4.43. The van der Waals surface area contributed by atoms with E-state index in [0.29, 0.717) is 24.3 Å². The number of alkyl halides is 6. The van der Waals surface area contributed by atoms with Gasteiger partial charge in [-0.25, -0.2) is 0 Å².